The number of aldehydes is 1. The molecule has 2 rings (SSSR count). The molecule has 26 heavy (non-hydrogen) atoms. The van der Waals surface area contributed by atoms with Crippen molar-refractivity contribution in [3.8, 4) is 5.75 Å². The van der Waals surface area contributed by atoms with Gasteiger partial charge in [-0.05, 0) is 38.8 Å². The fraction of sp³-hybridized carbons (Fsp3) is 0.444. The number of aromatic hydroxyl groups is 1. The molecule has 1 aliphatic rings. The van der Waals surface area contributed by atoms with Crippen LogP contribution in [0.2, 0.25) is 0 Å². The van der Waals surface area contributed by atoms with Crippen molar-refractivity contribution < 1.29 is 29.0 Å². The predicted octanol–water partition coefficient (Wildman–Crippen LogP) is 1.14. The quantitative estimate of drug-likeness (QED) is 0.577. The molecule has 1 aromatic carbocycles. The first-order valence-electron chi connectivity index (χ1n) is 8.17. The van der Waals surface area contributed by atoms with Crippen LogP contribution < -0.4 is 5.73 Å². The highest BCUT2D eigenvalue weighted by atomic mass is 16.6. The lowest BCUT2D eigenvalue weighted by molar-refractivity contribution is -0.155. The van der Waals surface area contributed by atoms with E-state index >= 15 is 0 Å². The third kappa shape index (κ3) is 4.01. The number of primary amides is 1. The number of carbonyl (C=O) groups excluding carboxylic acids is 4. The first-order chi connectivity index (χ1) is 12.0. The molecule has 1 heterocycles. The summed E-state index contributed by atoms with van der Waals surface area (Å²) in [5.74, 6) is -2.28. The summed E-state index contributed by atoms with van der Waals surface area (Å²) >= 11 is 0. The zero-order chi connectivity index (χ0) is 19.6. The Morgan fingerprint density at radius 1 is 1.38 bits per heavy atom. The average molecular weight is 362 g/mol. The number of ether oxygens (including phenoxy) is 1. The van der Waals surface area contributed by atoms with Gasteiger partial charge in [0.25, 0.3) is 5.91 Å². The molecular weight excluding hydrogens is 340 g/mol. The lowest BCUT2D eigenvalue weighted by Gasteiger charge is -2.25. The van der Waals surface area contributed by atoms with Crippen molar-refractivity contribution in [2.75, 3.05) is 0 Å². The second-order valence-corrected chi connectivity index (χ2v) is 7.13. The maximum Gasteiger partial charge on any atom is 0.306 e. The molecular formula is C18H22N2O6. The maximum atomic E-state index is 12.6. The Kier molecular flexibility index (Phi) is 5.34. The summed E-state index contributed by atoms with van der Waals surface area (Å²) in [6.45, 7) is 5.24. The molecule has 1 unspecified atom stereocenters. The van der Waals surface area contributed by atoms with Crippen LogP contribution in [0.5, 0.6) is 5.75 Å². The first kappa shape index (κ1) is 19.4. The van der Waals surface area contributed by atoms with Gasteiger partial charge in [0.05, 0.1) is 11.1 Å². The Morgan fingerprint density at radius 2 is 2.04 bits per heavy atom. The Morgan fingerprint density at radius 3 is 2.58 bits per heavy atom. The third-order valence-corrected chi connectivity index (χ3v) is 3.98. The van der Waals surface area contributed by atoms with Crippen LogP contribution >= 0.6 is 0 Å². The SMILES string of the molecule is CC(C)(C)OC(=O)CCC(C(N)=O)N1Cc2ccc(C=O)c(O)c2C1=O. The minimum atomic E-state index is -1.03. The smallest absolute Gasteiger partial charge is 0.306 e. The van der Waals surface area contributed by atoms with Crippen LogP contribution in [-0.4, -0.2) is 45.7 Å². The van der Waals surface area contributed by atoms with Gasteiger partial charge in [0, 0.05) is 13.0 Å². The van der Waals surface area contributed by atoms with E-state index in [1.807, 2.05) is 0 Å². The first-order valence-corrected chi connectivity index (χ1v) is 8.17. The molecule has 2 amide bonds. The third-order valence-electron chi connectivity index (χ3n) is 3.98. The van der Waals surface area contributed by atoms with Crippen molar-refractivity contribution in [2.45, 2.75) is 51.8 Å². The normalized spacial score (nSPS) is 14.7. The second kappa shape index (κ2) is 7.15. The molecule has 140 valence electrons. The largest absolute Gasteiger partial charge is 0.506 e. The fourth-order valence-electron chi connectivity index (χ4n) is 2.86. The molecule has 0 aliphatic carbocycles. The highest BCUT2D eigenvalue weighted by molar-refractivity contribution is 6.05. The van der Waals surface area contributed by atoms with Crippen molar-refractivity contribution in [1.29, 1.82) is 0 Å². The number of benzene rings is 1. The molecule has 0 bridgehead atoms. The fourth-order valence-corrected chi connectivity index (χ4v) is 2.86. The van der Waals surface area contributed by atoms with Crippen molar-refractivity contribution in [3.05, 3.63) is 28.8 Å². The number of nitrogens with two attached hydrogens (primary N) is 1. The highest BCUT2D eigenvalue weighted by Gasteiger charge is 2.38. The van der Waals surface area contributed by atoms with E-state index < -0.39 is 35.2 Å². The van der Waals surface area contributed by atoms with Gasteiger partial charge >= 0.3 is 5.97 Å². The summed E-state index contributed by atoms with van der Waals surface area (Å²) < 4.78 is 5.20. The van der Waals surface area contributed by atoms with Gasteiger partial charge in [0.1, 0.15) is 17.4 Å². The zero-order valence-electron chi connectivity index (χ0n) is 14.9. The van der Waals surface area contributed by atoms with Crippen molar-refractivity contribution >= 4 is 24.1 Å². The molecule has 0 fully saturated rings. The van der Waals surface area contributed by atoms with E-state index in [1.54, 1.807) is 26.8 Å². The van der Waals surface area contributed by atoms with E-state index in [9.17, 15) is 24.3 Å². The topological polar surface area (TPSA) is 127 Å². The zero-order valence-corrected chi connectivity index (χ0v) is 14.9. The summed E-state index contributed by atoms with van der Waals surface area (Å²) in [6, 6.07) is 1.92. The molecule has 0 saturated heterocycles. The van der Waals surface area contributed by atoms with Crippen LogP contribution in [0.3, 0.4) is 0 Å². The predicted molar refractivity (Wildman–Crippen MR) is 91.4 cm³/mol. The minimum Gasteiger partial charge on any atom is -0.506 e. The number of fused-ring (bicyclic) bond motifs is 1. The second-order valence-electron chi connectivity index (χ2n) is 7.13. The standard InChI is InChI=1S/C18H22N2O6/c1-18(2,3)26-13(22)7-6-12(16(19)24)20-8-10-4-5-11(9-21)15(23)14(10)17(20)25/h4-5,9,12,23H,6-8H2,1-3H3,(H2,19,24). The van der Waals surface area contributed by atoms with Gasteiger partial charge in [0.2, 0.25) is 5.91 Å². The highest BCUT2D eigenvalue weighted by Crippen LogP contribution is 2.34. The molecule has 0 aromatic heterocycles. The lowest BCUT2D eigenvalue weighted by atomic mass is 10.1. The maximum absolute atomic E-state index is 12.6. The van der Waals surface area contributed by atoms with Gasteiger partial charge in [-0.25, -0.2) is 0 Å². The summed E-state index contributed by atoms with van der Waals surface area (Å²) in [6.07, 6.45) is 0.363. The van der Waals surface area contributed by atoms with Crippen LogP contribution in [0, 0.1) is 0 Å². The van der Waals surface area contributed by atoms with Crippen molar-refractivity contribution in [3.63, 3.8) is 0 Å². The molecule has 0 saturated carbocycles. The van der Waals surface area contributed by atoms with Crippen LogP contribution in [0.4, 0.5) is 0 Å². The van der Waals surface area contributed by atoms with Crippen LogP contribution in [-0.2, 0) is 20.9 Å². The summed E-state index contributed by atoms with van der Waals surface area (Å²) in [7, 11) is 0. The van der Waals surface area contributed by atoms with Crippen LogP contribution in [0.15, 0.2) is 12.1 Å². The summed E-state index contributed by atoms with van der Waals surface area (Å²) in [5, 5.41) is 10.1. The van der Waals surface area contributed by atoms with Crippen molar-refractivity contribution in [1.82, 2.24) is 4.90 Å². The Balaban J connectivity index is 2.18. The summed E-state index contributed by atoms with van der Waals surface area (Å²) in [4.78, 5) is 48.5. The number of hydrogen-bond donors (Lipinski definition) is 2. The van der Waals surface area contributed by atoms with Gasteiger partial charge in [0.15, 0.2) is 6.29 Å². The molecule has 0 radical (unpaired) electrons. The van der Waals surface area contributed by atoms with Gasteiger partial charge in [-0.3, -0.25) is 19.2 Å². The van der Waals surface area contributed by atoms with Gasteiger partial charge in [-0.2, -0.15) is 0 Å². The van der Waals surface area contributed by atoms with E-state index in [-0.39, 0.29) is 30.5 Å². The lowest BCUT2D eigenvalue weighted by Crippen LogP contribution is -2.45. The number of phenols is 1. The Bertz CT molecular complexity index is 766. The molecule has 3 N–H and O–H groups in total. The van der Waals surface area contributed by atoms with Crippen LogP contribution in [0.25, 0.3) is 0 Å². The number of rotatable bonds is 6. The number of amides is 2. The molecule has 8 nitrogen and oxygen atoms in total. The average Bonchev–Trinajstić information content (AvgIpc) is 2.83. The van der Waals surface area contributed by atoms with E-state index in [1.165, 1.54) is 11.0 Å². The Labute approximate surface area is 150 Å². The Hall–Kier alpha value is -2.90. The molecule has 1 atom stereocenters. The number of phenolic OH excluding ortho intramolecular Hbond substituents is 1. The molecule has 1 aromatic rings. The molecule has 8 heteroatoms. The number of hydrogen-bond acceptors (Lipinski definition) is 6. The molecule has 1 aliphatic heterocycles. The monoisotopic (exact) mass is 362 g/mol. The van der Waals surface area contributed by atoms with Gasteiger partial charge in [-0.15, -0.1) is 0 Å². The minimum absolute atomic E-state index is 0.00523. The molecule has 0 spiro atoms. The van der Waals surface area contributed by atoms with E-state index in [0.29, 0.717) is 11.8 Å². The van der Waals surface area contributed by atoms with Gasteiger partial charge < -0.3 is 20.5 Å². The number of nitrogens with zero attached hydrogens (tertiary/aromatic N) is 1. The van der Waals surface area contributed by atoms with E-state index in [0.717, 1.165) is 0 Å². The van der Waals surface area contributed by atoms with E-state index in [2.05, 4.69) is 0 Å². The van der Waals surface area contributed by atoms with Crippen molar-refractivity contribution in [2.24, 2.45) is 5.73 Å². The number of esters is 1. The summed E-state index contributed by atoms with van der Waals surface area (Å²) in [5.41, 5.74) is 5.22. The van der Waals surface area contributed by atoms with Gasteiger partial charge in [-0.1, -0.05) is 6.07 Å². The van der Waals surface area contributed by atoms with Crippen LogP contribution in [0.1, 0.15) is 59.9 Å². The number of carbonyl (C=O) groups is 4. The van der Waals surface area contributed by atoms with E-state index in [4.69, 9.17) is 10.5 Å².